The quantitative estimate of drug-likeness (QED) is 0.303. The van der Waals surface area contributed by atoms with Crippen molar-refractivity contribution in [2.75, 3.05) is 6.79 Å². The number of halogens is 1. The number of esters is 1. The molecule has 3 rings (SSSR count). The van der Waals surface area contributed by atoms with Crippen LogP contribution in [0.25, 0.3) is 0 Å². The van der Waals surface area contributed by atoms with Gasteiger partial charge in [-0.15, -0.1) is 11.8 Å². The number of fused-ring (bicyclic) bond motifs is 1. The van der Waals surface area contributed by atoms with Crippen molar-refractivity contribution in [1.82, 2.24) is 0 Å². The summed E-state index contributed by atoms with van der Waals surface area (Å²) in [6, 6.07) is 9.47. The van der Waals surface area contributed by atoms with Crippen LogP contribution in [-0.2, 0) is 27.5 Å². The Kier molecular flexibility index (Phi) is 6.20. The first kappa shape index (κ1) is 19.5. The second-order valence-corrected chi connectivity index (χ2v) is 7.63. The lowest BCUT2D eigenvalue weighted by molar-refractivity contribution is -0.384. The maximum Gasteiger partial charge on any atom is 0.319 e. The van der Waals surface area contributed by atoms with Gasteiger partial charge in [-0.05, 0) is 31.2 Å². The van der Waals surface area contributed by atoms with Gasteiger partial charge < -0.3 is 14.2 Å². The van der Waals surface area contributed by atoms with Crippen LogP contribution in [-0.4, -0.2) is 22.9 Å². The molecule has 0 saturated carbocycles. The predicted octanol–water partition coefficient (Wildman–Crippen LogP) is 4.34. The number of rotatable bonds is 6. The van der Waals surface area contributed by atoms with E-state index in [1.165, 1.54) is 23.9 Å². The molecule has 0 radical (unpaired) electrons. The molecule has 1 heterocycles. The van der Waals surface area contributed by atoms with Gasteiger partial charge in [-0.1, -0.05) is 11.6 Å². The summed E-state index contributed by atoms with van der Waals surface area (Å²) in [5, 5.41) is 10.7. The van der Waals surface area contributed by atoms with Crippen LogP contribution >= 0.6 is 23.4 Å². The van der Waals surface area contributed by atoms with E-state index in [9.17, 15) is 14.9 Å². The van der Waals surface area contributed by atoms with Crippen molar-refractivity contribution in [2.24, 2.45) is 0 Å². The van der Waals surface area contributed by atoms with Crippen molar-refractivity contribution in [3.63, 3.8) is 0 Å². The SMILES string of the molecule is C[C@H](Sc1ccc([N+](=O)[O-])cc1)C(=O)OCc1cc(Cl)cc2c1OCOC2. The van der Waals surface area contributed by atoms with E-state index in [4.69, 9.17) is 25.8 Å². The first-order valence-corrected chi connectivity index (χ1v) is 9.29. The smallest absolute Gasteiger partial charge is 0.319 e. The van der Waals surface area contributed by atoms with Gasteiger partial charge in [0.15, 0.2) is 6.79 Å². The molecule has 0 aromatic heterocycles. The van der Waals surface area contributed by atoms with E-state index in [-0.39, 0.29) is 19.1 Å². The molecule has 0 bridgehead atoms. The number of benzene rings is 2. The Labute approximate surface area is 164 Å². The van der Waals surface area contributed by atoms with Gasteiger partial charge in [-0.3, -0.25) is 14.9 Å². The van der Waals surface area contributed by atoms with Crippen molar-refractivity contribution < 1.29 is 23.9 Å². The van der Waals surface area contributed by atoms with Gasteiger partial charge in [0.1, 0.15) is 17.6 Å². The van der Waals surface area contributed by atoms with Crippen molar-refractivity contribution in [2.45, 2.75) is 30.3 Å². The third-order valence-corrected chi connectivity index (χ3v) is 5.12. The number of hydrogen-bond donors (Lipinski definition) is 0. The molecule has 0 saturated heterocycles. The topological polar surface area (TPSA) is 87.9 Å². The Morgan fingerprint density at radius 3 is 2.81 bits per heavy atom. The van der Waals surface area contributed by atoms with Crippen LogP contribution in [0.5, 0.6) is 5.75 Å². The molecular formula is C18H16ClNO6S. The first-order valence-electron chi connectivity index (χ1n) is 8.03. The van der Waals surface area contributed by atoms with Crippen molar-refractivity contribution in [1.29, 1.82) is 0 Å². The Hall–Kier alpha value is -2.29. The Morgan fingerprint density at radius 2 is 2.11 bits per heavy atom. The van der Waals surface area contributed by atoms with Crippen LogP contribution in [0.15, 0.2) is 41.3 Å². The Balaban J connectivity index is 1.60. The summed E-state index contributed by atoms with van der Waals surface area (Å²) in [5.41, 5.74) is 1.50. The molecule has 1 atom stereocenters. The first-order chi connectivity index (χ1) is 12.9. The highest BCUT2D eigenvalue weighted by Gasteiger charge is 2.20. The standard InChI is InChI=1S/C18H16ClNO6S/c1-11(27-16-4-2-15(3-5-16)20(22)23)18(21)25-9-13-7-14(19)6-12-8-24-10-26-17(12)13/h2-7,11H,8-10H2,1H3/t11-/m0/s1. The average molecular weight is 410 g/mol. The second kappa shape index (κ2) is 8.60. The van der Waals surface area contributed by atoms with Crippen LogP contribution < -0.4 is 4.74 Å². The van der Waals surface area contributed by atoms with Gasteiger partial charge in [0.25, 0.3) is 5.69 Å². The number of nitro groups is 1. The van der Waals surface area contributed by atoms with E-state index < -0.39 is 16.1 Å². The van der Waals surface area contributed by atoms with E-state index in [1.807, 2.05) is 0 Å². The lowest BCUT2D eigenvalue weighted by Gasteiger charge is -2.21. The number of thioether (sulfide) groups is 1. The maximum atomic E-state index is 12.3. The second-order valence-electron chi connectivity index (χ2n) is 5.78. The lowest BCUT2D eigenvalue weighted by Crippen LogP contribution is -2.18. The van der Waals surface area contributed by atoms with Crippen LogP contribution in [0.3, 0.4) is 0 Å². The normalized spacial score (nSPS) is 14.0. The summed E-state index contributed by atoms with van der Waals surface area (Å²) < 4.78 is 16.1. The number of carbonyl (C=O) groups excluding carboxylic acids is 1. The van der Waals surface area contributed by atoms with E-state index >= 15 is 0 Å². The summed E-state index contributed by atoms with van der Waals surface area (Å²) in [5.74, 6) is 0.230. The monoisotopic (exact) mass is 409 g/mol. The zero-order chi connectivity index (χ0) is 19.4. The molecule has 142 valence electrons. The number of nitro benzene ring substituents is 1. The van der Waals surface area contributed by atoms with Gasteiger partial charge in [-0.25, -0.2) is 0 Å². The molecule has 2 aromatic rings. The van der Waals surface area contributed by atoms with Crippen LogP contribution in [0.4, 0.5) is 5.69 Å². The van der Waals surface area contributed by atoms with Crippen LogP contribution in [0, 0.1) is 10.1 Å². The van der Waals surface area contributed by atoms with E-state index in [2.05, 4.69) is 0 Å². The number of nitrogens with zero attached hydrogens (tertiary/aromatic N) is 1. The van der Waals surface area contributed by atoms with E-state index in [1.54, 1.807) is 31.2 Å². The highest BCUT2D eigenvalue weighted by atomic mass is 35.5. The molecule has 1 aliphatic heterocycles. The molecule has 0 spiro atoms. The minimum Gasteiger partial charge on any atom is -0.467 e. The molecule has 0 fully saturated rings. The fraction of sp³-hybridized carbons (Fsp3) is 0.278. The Morgan fingerprint density at radius 1 is 1.37 bits per heavy atom. The molecule has 0 N–H and O–H groups in total. The van der Waals surface area contributed by atoms with Gasteiger partial charge >= 0.3 is 5.97 Å². The number of non-ortho nitro benzene ring substituents is 1. The molecule has 0 unspecified atom stereocenters. The van der Waals surface area contributed by atoms with Gasteiger partial charge in [0.2, 0.25) is 0 Å². The minimum absolute atomic E-state index is 0.00397. The molecule has 27 heavy (non-hydrogen) atoms. The lowest BCUT2D eigenvalue weighted by atomic mass is 10.1. The fourth-order valence-corrected chi connectivity index (χ4v) is 3.66. The highest BCUT2D eigenvalue weighted by Crippen LogP contribution is 2.32. The zero-order valence-electron chi connectivity index (χ0n) is 14.3. The molecule has 0 amide bonds. The molecular weight excluding hydrogens is 394 g/mol. The summed E-state index contributed by atoms with van der Waals surface area (Å²) in [7, 11) is 0. The molecule has 2 aromatic carbocycles. The molecule has 0 aliphatic carbocycles. The van der Waals surface area contributed by atoms with E-state index in [0.29, 0.717) is 22.9 Å². The van der Waals surface area contributed by atoms with Crippen molar-refractivity contribution in [3.8, 4) is 5.75 Å². The molecule has 1 aliphatic rings. The van der Waals surface area contributed by atoms with Crippen molar-refractivity contribution in [3.05, 3.63) is 62.7 Å². The Bertz CT molecular complexity index is 858. The zero-order valence-corrected chi connectivity index (χ0v) is 15.9. The maximum absolute atomic E-state index is 12.3. The van der Waals surface area contributed by atoms with Crippen molar-refractivity contribution >= 4 is 35.0 Å². The molecule has 9 heteroatoms. The third kappa shape index (κ3) is 4.91. The van der Waals surface area contributed by atoms with E-state index in [0.717, 1.165) is 10.5 Å². The van der Waals surface area contributed by atoms with Gasteiger partial charge in [0.05, 0.1) is 11.5 Å². The van der Waals surface area contributed by atoms with Crippen LogP contribution in [0.1, 0.15) is 18.1 Å². The summed E-state index contributed by atoms with van der Waals surface area (Å²) in [4.78, 5) is 23.3. The highest BCUT2D eigenvalue weighted by molar-refractivity contribution is 8.00. The number of carbonyl (C=O) groups is 1. The number of ether oxygens (including phenoxy) is 3. The predicted molar refractivity (Wildman–Crippen MR) is 99.9 cm³/mol. The third-order valence-electron chi connectivity index (χ3n) is 3.81. The number of hydrogen-bond acceptors (Lipinski definition) is 7. The average Bonchev–Trinajstić information content (AvgIpc) is 2.66. The molecule has 7 nitrogen and oxygen atoms in total. The largest absolute Gasteiger partial charge is 0.467 e. The summed E-state index contributed by atoms with van der Waals surface area (Å²) in [6.45, 7) is 2.28. The fourth-order valence-electron chi connectivity index (χ4n) is 2.53. The summed E-state index contributed by atoms with van der Waals surface area (Å²) >= 11 is 7.36. The van der Waals surface area contributed by atoms with Gasteiger partial charge in [-0.2, -0.15) is 0 Å². The van der Waals surface area contributed by atoms with Crippen LogP contribution in [0.2, 0.25) is 5.02 Å². The summed E-state index contributed by atoms with van der Waals surface area (Å²) in [6.07, 6.45) is 0. The minimum atomic E-state index is -0.481. The van der Waals surface area contributed by atoms with Gasteiger partial charge in [0, 0.05) is 33.2 Å².